The van der Waals surface area contributed by atoms with Gasteiger partial charge in [0.15, 0.2) is 4.77 Å². The molecule has 5 heteroatoms. The highest BCUT2D eigenvalue weighted by atomic mass is 32.1. The highest BCUT2D eigenvalue weighted by Crippen LogP contribution is 2.22. The third-order valence-corrected chi connectivity index (χ3v) is 3.44. The maximum Gasteiger partial charge on any atom is 0.178 e. The largest absolute Gasteiger partial charge is 0.328 e. The summed E-state index contributed by atoms with van der Waals surface area (Å²) in [7, 11) is 4.09. The van der Waals surface area contributed by atoms with Crippen molar-refractivity contribution in [3.8, 4) is 0 Å². The Labute approximate surface area is 111 Å². The van der Waals surface area contributed by atoms with Crippen molar-refractivity contribution in [2.75, 3.05) is 20.6 Å². The van der Waals surface area contributed by atoms with Gasteiger partial charge in [-0.25, -0.2) is 4.39 Å². The lowest BCUT2D eigenvalue weighted by Crippen LogP contribution is -2.17. The summed E-state index contributed by atoms with van der Waals surface area (Å²) in [6.07, 6.45) is 0.977. The van der Waals surface area contributed by atoms with Crippen molar-refractivity contribution in [3.05, 3.63) is 28.8 Å². The highest BCUT2D eigenvalue weighted by Gasteiger charge is 2.13. The Bertz CT molecular complexity index is 600. The van der Waals surface area contributed by atoms with Crippen LogP contribution in [-0.2, 0) is 0 Å². The van der Waals surface area contributed by atoms with Gasteiger partial charge in [-0.05, 0) is 58.3 Å². The molecule has 18 heavy (non-hydrogen) atoms. The molecule has 0 spiro atoms. The molecule has 0 fully saturated rings. The van der Waals surface area contributed by atoms with Gasteiger partial charge >= 0.3 is 0 Å². The lowest BCUT2D eigenvalue weighted by molar-refractivity contribution is 0.359. The number of nitrogens with one attached hydrogen (secondary N) is 1. The van der Waals surface area contributed by atoms with Crippen LogP contribution in [0.15, 0.2) is 18.2 Å². The second-order valence-electron chi connectivity index (χ2n) is 4.88. The zero-order valence-electron chi connectivity index (χ0n) is 10.9. The van der Waals surface area contributed by atoms with Crippen molar-refractivity contribution >= 4 is 23.3 Å². The number of aromatic nitrogens is 2. The second kappa shape index (κ2) is 5.20. The summed E-state index contributed by atoms with van der Waals surface area (Å²) in [5.41, 5.74) is 1.34. The van der Waals surface area contributed by atoms with Crippen LogP contribution in [0, 0.1) is 10.6 Å². The monoisotopic (exact) mass is 267 g/mol. The number of benzene rings is 1. The van der Waals surface area contributed by atoms with Gasteiger partial charge in [-0.2, -0.15) is 0 Å². The second-order valence-corrected chi connectivity index (χ2v) is 5.26. The van der Waals surface area contributed by atoms with Crippen molar-refractivity contribution < 1.29 is 4.39 Å². The minimum absolute atomic E-state index is 0.246. The molecule has 1 aromatic heterocycles. The maximum atomic E-state index is 13.7. The number of hydrogen-bond acceptors (Lipinski definition) is 2. The van der Waals surface area contributed by atoms with Crippen LogP contribution in [0.25, 0.3) is 11.0 Å². The quantitative estimate of drug-likeness (QED) is 0.859. The van der Waals surface area contributed by atoms with Crippen molar-refractivity contribution in [3.63, 3.8) is 0 Å². The van der Waals surface area contributed by atoms with Crippen LogP contribution in [0.2, 0.25) is 0 Å². The van der Waals surface area contributed by atoms with E-state index in [0.29, 0.717) is 10.3 Å². The van der Waals surface area contributed by atoms with Gasteiger partial charge < -0.3 is 14.5 Å². The lowest BCUT2D eigenvalue weighted by Gasteiger charge is -2.17. The third-order valence-electron chi connectivity index (χ3n) is 3.14. The number of halogens is 1. The Balaban J connectivity index is 2.41. The Kier molecular flexibility index (Phi) is 3.82. The van der Waals surface area contributed by atoms with Crippen LogP contribution >= 0.6 is 12.2 Å². The smallest absolute Gasteiger partial charge is 0.178 e. The summed E-state index contributed by atoms with van der Waals surface area (Å²) in [4.78, 5) is 5.09. The molecule has 1 N–H and O–H groups in total. The number of nitrogens with zero attached hydrogens (tertiary/aromatic N) is 2. The van der Waals surface area contributed by atoms with E-state index in [0.717, 1.165) is 18.5 Å². The average Bonchev–Trinajstić information content (AvgIpc) is 2.64. The Morgan fingerprint density at radius 3 is 2.83 bits per heavy atom. The van der Waals surface area contributed by atoms with Gasteiger partial charge in [0, 0.05) is 6.04 Å². The topological polar surface area (TPSA) is 24.0 Å². The van der Waals surface area contributed by atoms with E-state index in [-0.39, 0.29) is 11.9 Å². The molecule has 0 aliphatic carbocycles. The van der Waals surface area contributed by atoms with Crippen molar-refractivity contribution in [1.82, 2.24) is 14.5 Å². The SMILES string of the molecule is CC(CCN(C)C)n1c(=S)[nH]c2c(F)cccc21. The predicted molar refractivity (Wildman–Crippen MR) is 75.0 cm³/mol. The van der Waals surface area contributed by atoms with Crippen LogP contribution in [-0.4, -0.2) is 35.1 Å². The van der Waals surface area contributed by atoms with Gasteiger partial charge in [0.2, 0.25) is 0 Å². The van der Waals surface area contributed by atoms with Gasteiger partial charge in [-0.1, -0.05) is 6.07 Å². The molecule has 0 aliphatic rings. The Morgan fingerprint density at radius 1 is 1.44 bits per heavy atom. The summed E-state index contributed by atoms with van der Waals surface area (Å²) in [5.74, 6) is -0.253. The molecular formula is C13H18FN3S. The summed E-state index contributed by atoms with van der Waals surface area (Å²) >= 11 is 5.30. The normalized spacial score (nSPS) is 13.4. The zero-order valence-corrected chi connectivity index (χ0v) is 11.7. The van der Waals surface area contributed by atoms with E-state index < -0.39 is 0 Å². The molecule has 1 aromatic carbocycles. The van der Waals surface area contributed by atoms with Crippen LogP contribution in [0.4, 0.5) is 4.39 Å². The number of fused-ring (bicyclic) bond motifs is 1. The Morgan fingerprint density at radius 2 is 2.17 bits per heavy atom. The van der Waals surface area contributed by atoms with Gasteiger partial charge in [0.25, 0.3) is 0 Å². The molecule has 1 atom stereocenters. The lowest BCUT2D eigenvalue weighted by atomic mass is 10.2. The van der Waals surface area contributed by atoms with Crippen LogP contribution in [0.5, 0.6) is 0 Å². The fraction of sp³-hybridized carbons (Fsp3) is 0.462. The van der Waals surface area contributed by atoms with E-state index in [1.165, 1.54) is 6.07 Å². The van der Waals surface area contributed by atoms with E-state index in [9.17, 15) is 4.39 Å². The van der Waals surface area contributed by atoms with E-state index in [1.807, 2.05) is 24.7 Å². The molecule has 1 unspecified atom stereocenters. The molecule has 0 radical (unpaired) electrons. The first kappa shape index (κ1) is 13.2. The number of hydrogen-bond donors (Lipinski definition) is 1. The first-order valence-electron chi connectivity index (χ1n) is 6.04. The summed E-state index contributed by atoms with van der Waals surface area (Å²) < 4.78 is 16.2. The van der Waals surface area contributed by atoms with Crippen LogP contribution in [0.3, 0.4) is 0 Å². The molecule has 3 nitrogen and oxygen atoms in total. The fourth-order valence-electron chi connectivity index (χ4n) is 2.13. The molecule has 1 heterocycles. The van der Waals surface area contributed by atoms with E-state index >= 15 is 0 Å². The average molecular weight is 267 g/mol. The summed E-state index contributed by atoms with van der Waals surface area (Å²) in [6, 6.07) is 5.31. The van der Waals surface area contributed by atoms with Gasteiger partial charge in [0.1, 0.15) is 11.3 Å². The summed E-state index contributed by atoms with van der Waals surface area (Å²) in [5, 5.41) is 0. The van der Waals surface area contributed by atoms with E-state index in [2.05, 4.69) is 16.8 Å². The highest BCUT2D eigenvalue weighted by molar-refractivity contribution is 7.71. The molecule has 0 bridgehead atoms. The summed E-state index contributed by atoms with van der Waals surface area (Å²) in [6.45, 7) is 3.09. The van der Waals surface area contributed by atoms with Crippen molar-refractivity contribution in [1.29, 1.82) is 0 Å². The molecule has 98 valence electrons. The number of imidazole rings is 1. The molecule has 2 aromatic rings. The van der Waals surface area contributed by atoms with E-state index in [1.54, 1.807) is 6.07 Å². The van der Waals surface area contributed by atoms with Crippen LogP contribution < -0.4 is 0 Å². The molecule has 0 saturated carbocycles. The molecule has 0 aliphatic heterocycles. The van der Waals surface area contributed by atoms with Gasteiger partial charge in [-0.3, -0.25) is 0 Å². The maximum absolute atomic E-state index is 13.7. The first-order chi connectivity index (χ1) is 8.50. The molecule has 0 amide bonds. The van der Waals surface area contributed by atoms with E-state index in [4.69, 9.17) is 12.2 Å². The standard InChI is InChI=1S/C13H18FN3S/c1-9(7-8-16(2)3)17-11-6-4-5-10(14)12(11)15-13(17)18/h4-6,9H,7-8H2,1-3H3,(H,15,18). The minimum Gasteiger partial charge on any atom is -0.328 e. The molecule has 2 rings (SSSR count). The number of para-hydroxylation sites is 1. The van der Waals surface area contributed by atoms with Crippen molar-refractivity contribution in [2.24, 2.45) is 0 Å². The first-order valence-corrected chi connectivity index (χ1v) is 6.45. The third kappa shape index (κ3) is 2.47. The number of rotatable bonds is 4. The predicted octanol–water partition coefficient (Wildman–Crippen LogP) is 3.35. The van der Waals surface area contributed by atoms with Gasteiger partial charge in [0.05, 0.1) is 5.52 Å². The fourth-order valence-corrected chi connectivity index (χ4v) is 2.51. The number of H-pyrrole nitrogens is 1. The van der Waals surface area contributed by atoms with Crippen LogP contribution in [0.1, 0.15) is 19.4 Å². The van der Waals surface area contributed by atoms with Crippen molar-refractivity contribution in [2.45, 2.75) is 19.4 Å². The molecule has 0 saturated heterocycles. The number of aromatic amines is 1. The Hall–Kier alpha value is -1.20. The van der Waals surface area contributed by atoms with Gasteiger partial charge in [-0.15, -0.1) is 0 Å². The minimum atomic E-state index is -0.253. The molecular weight excluding hydrogens is 249 g/mol. The zero-order chi connectivity index (χ0) is 13.3.